The highest BCUT2D eigenvalue weighted by atomic mass is 16.6. The first-order valence-corrected chi connectivity index (χ1v) is 6.75. The van der Waals surface area contributed by atoms with Crippen LogP contribution in [0.1, 0.15) is 36.0 Å². The lowest BCUT2D eigenvalue weighted by Gasteiger charge is -2.16. The molecule has 0 saturated heterocycles. The predicted molar refractivity (Wildman–Crippen MR) is 77.0 cm³/mol. The molecule has 1 aromatic carbocycles. The number of hydrogen-bond acceptors (Lipinski definition) is 7. The van der Waals surface area contributed by atoms with Crippen molar-refractivity contribution >= 4 is 23.0 Å². The maximum atomic E-state index is 11.9. The molecular weight excluding hydrogens is 294 g/mol. The van der Waals surface area contributed by atoms with Gasteiger partial charge < -0.3 is 10.1 Å². The Bertz CT molecular complexity index is 624. The fraction of sp³-hybridized carbons (Fsp3) is 0.462. The fourth-order valence-corrected chi connectivity index (χ4v) is 2.56. The Morgan fingerprint density at radius 2 is 1.86 bits per heavy atom. The zero-order valence-electron chi connectivity index (χ0n) is 11.9. The molecule has 118 valence electrons. The molecule has 0 heterocycles. The van der Waals surface area contributed by atoms with E-state index >= 15 is 0 Å². The highest BCUT2D eigenvalue weighted by Gasteiger charge is 2.30. The monoisotopic (exact) mass is 309 g/mol. The summed E-state index contributed by atoms with van der Waals surface area (Å²) in [7, 11) is 1.12. The van der Waals surface area contributed by atoms with Gasteiger partial charge in [0.2, 0.25) is 0 Å². The van der Waals surface area contributed by atoms with E-state index in [0.717, 1.165) is 44.9 Å². The summed E-state index contributed by atoms with van der Waals surface area (Å²) in [5.74, 6) is -0.854. The number of hydrogen-bond donors (Lipinski definition) is 1. The summed E-state index contributed by atoms with van der Waals surface area (Å²) < 4.78 is 4.59. The predicted octanol–water partition coefficient (Wildman–Crippen LogP) is 2.64. The van der Waals surface area contributed by atoms with E-state index in [4.69, 9.17) is 0 Å². The van der Waals surface area contributed by atoms with Gasteiger partial charge in [0.05, 0.1) is 28.6 Å². The smallest absolute Gasteiger partial charge is 0.340 e. The van der Waals surface area contributed by atoms with Crippen molar-refractivity contribution in [1.29, 1.82) is 0 Å². The maximum Gasteiger partial charge on any atom is 0.340 e. The van der Waals surface area contributed by atoms with E-state index in [-0.39, 0.29) is 17.3 Å². The third-order valence-electron chi connectivity index (χ3n) is 3.62. The molecule has 1 aliphatic carbocycles. The summed E-state index contributed by atoms with van der Waals surface area (Å²) in [5.41, 5.74) is -1.24. The third-order valence-corrected chi connectivity index (χ3v) is 3.62. The van der Waals surface area contributed by atoms with Crippen LogP contribution in [0, 0.1) is 20.2 Å². The molecule has 1 saturated carbocycles. The molecule has 9 heteroatoms. The molecule has 0 aliphatic heterocycles. The molecule has 0 atom stereocenters. The molecule has 0 bridgehead atoms. The Labute approximate surface area is 125 Å². The van der Waals surface area contributed by atoms with E-state index in [1.165, 1.54) is 0 Å². The van der Waals surface area contributed by atoms with Crippen molar-refractivity contribution in [2.45, 2.75) is 31.7 Å². The largest absolute Gasteiger partial charge is 0.465 e. The van der Waals surface area contributed by atoms with Gasteiger partial charge in [0.1, 0.15) is 5.69 Å². The summed E-state index contributed by atoms with van der Waals surface area (Å²) in [6, 6.07) is 1.85. The van der Waals surface area contributed by atoms with E-state index in [1.54, 1.807) is 0 Å². The van der Waals surface area contributed by atoms with E-state index in [0.29, 0.717) is 0 Å². The maximum absolute atomic E-state index is 11.9. The summed E-state index contributed by atoms with van der Waals surface area (Å²) in [6.45, 7) is 0. The first kappa shape index (κ1) is 15.7. The summed E-state index contributed by atoms with van der Waals surface area (Å²) in [5, 5.41) is 25.1. The van der Waals surface area contributed by atoms with Crippen molar-refractivity contribution in [2.75, 3.05) is 12.4 Å². The Balaban J connectivity index is 2.56. The highest BCUT2D eigenvalue weighted by molar-refractivity contribution is 5.99. The number of carbonyl (C=O) groups excluding carboxylic acids is 1. The van der Waals surface area contributed by atoms with Crippen molar-refractivity contribution in [3.63, 3.8) is 0 Å². The van der Waals surface area contributed by atoms with Crippen molar-refractivity contribution in [2.24, 2.45) is 0 Å². The number of methoxy groups -OCH3 is 1. The number of rotatable bonds is 5. The summed E-state index contributed by atoms with van der Waals surface area (Å²) >= 11 is 0. The minimum Gasteiger partial charge on any atom is -0.465 e. The SMILES string of the molecule is COC(=O)c1cc([N+](=O)[O-])cc([N+](=O)[O-])c1NC1CCCC1. The number of carbonyl (C=O) groups is 1. The first-order chi connectivity index (χ1) is 10.4. The third kappa shape index (κ3) is 3.13. The lowest BCUT2D eigenvalue weighted by Crippen LogP contribution is -2.19. The zero-order chi connectivity index (χ0) is 16.3. The van der Waals surface area contributed by atoms with Crippen LogP contribution in [0.5, 0.6) is 0 Å². The van der Waals surface area contributed by atoms with Crippen LogP contribution in [-0.2, 0) is 4.74 Å². The number of non-ortho nitro benzene ring substituents is 1. The molecule has 0 aromatic heterocycles. The molecule has 0 unspecified atom stereocenters. The molecular formula is C13H15N3O6. The van der Waals surface area contributed by atoms with Crippen LogP contribution >= 0.6 is 0 Å². The van der Waals surface area contributed by atoms with Crippen LogP contribution in [0.15, 0.2) is 12.1 Å². The lowest BCUT2D eigenvalue weighted by atomic mass is 10.1. The molecule has 1 aromatic rings. The molecule has 1 aliphatic rings. The lowest BCUT2D eigenvalue weighted by molar-refractivity contribution is -0.393. The van der Waals surface area contributed by atoms with E-state index in [9.17, 15) is 25.0 Å². The van der Waals surface area contributed by atoms with Gasteiger partial charge in [0, 0.05) is 12.1 Å². The summed E-state index contributed by atoms with van der Waals surface area (Å²) in [6.07, 6.45) is 3.64. The van der Waals surface area contributed by atoms with Gasteiger partial charge in [-0.3, -0.25) is 20.2 Å². The molecule has 0 spiro atoms. The van der Waals surface area contributed by atoms with Gasteiger partial charge in [-0.1, -0.05) is 12.8 Å². The molecule has 2 rings (SSSR count). The Morgan fingerprint density at radius 3 is 2.36 bits per heavy atom. The average molecular weight is 309 g/mol. The molecule has 0 radical (unpaired) electrons. The van der Waals surface area contributed by atoms with E-state index < -0.39 is 27.2 Å². The van der Waals surface area contributed by atoms with Gasteiger partial charge >= 0.3 is 5.97 Å². The van der Waals surface area contributed by atoms with Crippen LogP contribution in [0.2, 0.25) is 0 Å². The van der Waals surface area contributed by atoms with Gasteiger partial charge in [0.25, 0.3) is 11.4 Å². The van der Waals surface area contributed by atoms with E-state index in [1.807, 2.05) is 0 Å². The standard InChI is InChI=1S/C13H15N3O6/c1-22-13(17)10-6-9(15(18)19)7-11(16(20)21)12(10)14-8-4-2-3-5-8/h6-8,14H,2-5H2,1H3. The van der Waals surface area contributed by atoms with Crippen LogP contribution < -0.4 is 5.32 Å². The first-order valence-electron chi connectivity index (χ1n) is 6.75. The van der Waals surface area contributed by atoms with Gasteiger partial charge in [-0.2, -0.15) is 0 Å². The van der Waals surface area contributed by atoms with Gasteiger partial charge in [-0.15, -0.1) is 0 Å². The Hall–Kier alpha value is -2.71. The second-order valence-corrected chi connectivity index (χ2v) is 5.02. The van der Waals surface area contributed by atoms with Crippen molar-refractivity contribution in [3.05, 3.63) is 37.9 Å². The number of anilines is 1. The minimum absolute atomic E-state index is 0.00330. The molecule has 1 fully saturated rings. The number of ether oxygens (including phenoxy) is 1. The number of nitro groups is 2. The van der Waals surface area contributed by atoms with Gasteiger partial charge in [0.15, 0.2) is 0 Å². The normalized spacial score (nSPS) is 14.6. The van der Waals surface area contributed by atoms with Gasteiger partial charge in [-0.25, -0.2) is 4.79 Å². The minimum atomic E-state index is -0.854. The highest BCUT2D eigenvalue weighted by Crippen LogP contribution is 2.36. The molecule has 9 nitrogen and oxygen atoms in total. The Kier molecular flexibility index (Phi) is 4.54. The fourth-order valence-electron chi connectivity index (χ4n) is 2.56. The average Bonchev–Trinajstić information content (AvgIpc) is 2.99. The van der Waals surface area contributed by atoms with E-state index in [2.05, 4.69) is 10.1 Å². The number of benzene rings is 1. The molecule has 22 heavy (non-hydrogen) atoms. The van der Waals surface area contributed by atoms with Crippen LogP contribution in [0.4, 0.5) is 17.1 Å². The van der Waals surface area contributed by atoms with Crippen molar-refractivity contribution < 1.29 is 19.4 Å². The number of nitrogens with one attached hydrogen (secondary N) is 1. The number of nitrogens with zero attached hydrogens (tertiary/aromatic N) is 2. The van der Waals surface area contributed by atoms with Crippen molar-refractivity contribution in [1.82, 2.24) is 0 Å². The van der Waals surface area contributed by atoms with Crippen LogP contribution in [0.25, 0.3) is 0 Å². The van der Waals surface area contributed by atoms with Gasteiger partial charge in [-0.05, 0) is 12.8 Å². The second-order valence-electron chi connectivity index (χ2n) is 5.02. The Morgan fingerprint density at radius 1 is 1.23 bits per heavy atom. The number of nitro benzene ring substituents is 2. The number of esters is 1. The quantitative estimate of drug-likeness (QED) is 0.503. The van der Waals surface area contributed by atoms with Crippen LogP contribution in [0.3, 0.4) is 0 Å². The topological polar surface area (TPSA) is 125 Å². The van der Waals surface area contributed by atoms with Crippen molar-refractivity contribution in [3.8, 4) is 0 Å². The van der Waals surface area contributed by atoms with Crippen LogP contribution in [-0.4, -0.2) is 29.0 Å². The molecule has 0 amide bonds. The summed E-state index contributed by atoms with van der Waals surface area (Å²) in [4.78, 5) is 32.5. The molecule has 1 N–H and O–H groups in total. The second kappa shape index (κ2) is 6.37. The zero-order valence-corrected chi connectivity index (χ0v) is 11.9.